The Bertz CT molecular complexity index is 629. The molecule has 0 saturated heterocycles. The summed E-state index contributed by atoms with van der Waals surface area (Å²) in [7, 11) is 0. The first-order chi connectivity index (χ1) is 9.01. The number of hydrogen-bond acceptors (Lipinski definition) is 5. The Morgan fingerprint density at radius 2 is 2.05 bits per heavy atom. The van der Waals surface area contributed by atoms with Gasteiger partial charge in [-0.3, -0.25) is 5.43 Å². The van der Waals surface area contributed by atoms with Gasteiger partial charge in [0.15, 0.2) is 0 Å². The van der Waals surface area contributed by atoms with Crippen molar-refractivity contribution in [2.24, 2.45) is 5.84 Å². The lowest BCUT2D eigenvalue weighted by molar-refractivity contribution is 0.415. The highest BCUT2D eigenvalue weighted by molar-refractivity contribution is 9.10. The zero-order chi connectivity index (χ0) is 14.0. The van der Waals surface area contributed by atoms with Crippen molar-refractivity contribution in [2.75, 3.05) is 5.43 Å². The molecule has 0 bridgehead atoms. The number of benzene rings is 1. The van der Waals surface area contributed by atoms with Gasteiger partial charge in [0.2, 0.25) is 11.8 Å². The van der Waals surface area contributed by atoms with Crippen molar-refractivity contribution in [1.29, 1.82) is 0 Å². The van der Waals surface area contributed by atoms with Gasteiger partial charge in [-0.15, -0.1) is 0 Å². The topological polar surface area (TPSA) is 73.1 Å². The molecule has 1 aromatic carbocycles. The maximum absolute atomic E-state index is 13.4. The SMILES string of the molecule is NNc1ncc(F)c(Oc2cc(F)c(Cl)cc2Br)n1. The lowest BCUT2D eigenvalue weighted by atomic mass is 10.3. The van der Waals surface area contributed by atoms with Crippen LogP contribution in [-0.2, 0) is 0 Å². The summed E-state index contributed by atoms with van der Waals surface area (Å²) < 4.78 is 32.3. The molecule has 2 rings (SSSR count). The summed E-state index contributed by atoms with van der Waals surface area (Å²) in [4.78, 5) is 7.20. The van der Waals surface area contributed by atoms with Crippen molar-refractivity contribution < 1.29 is 13.5 Å². The van der Waals surface area contributed by atoms with Gasteiger partial charge in [0, 0.05) is 6.07 Å². The average Bonchev–Trinajstić information content (AvgIpc) is 2.38. The first kappa shape index (κ1) is 13.9. The number of nitrogens with one attached hydrogen (secondary N) is 1. The van der Waals surface area contributed by atoms with Crippen LogP contribution in [0.5, 0.6) is 11.6 Å². The maximum Gasteiger partial charge on any atom is 0.260 e. The van der Waals surface area contributed by atoms with Gasteiger partial charge in [0.05, 0.1) is 15.7 Å². The molecule has 0 aliphatic heterocycles. The van der Waals surface area contributed by atoms with Crippen LogP contribution in [0, 0.1) is 11.6 Å². The second-order valence-corrected chi connectivity index (χ2v) is 4.55. The van der Waals surface area contributed by atoms with E-state index in [1.54, 1.807) is 0 Å². The van der Waals surface area contributed by atoms with Crippen molar-refractivity contribution in [2.45, 2.75) is 0 Å². The molecule has 2 aromatic rings. The number of rotatable bonds is 3. The molecule has 9 heteroatoms. The second kappa shape index (κ2) is 5.64. The van der Waals surface area contributed by atoms with Gasteiger partial charge in [-0.05, 0) is 22.0 Å². The number of halogens is 4. The highest BCUT2D eigenvalue weighted by Crippen LogP contribution is 2.33. The molecule has 0 spiro atoms. The Kier molecular flexibility index (Phi) is 4.13. The van der Waals surface area contributed by atoms with E-state index < -0.39 is 17.5 Å². The lowest BCUT2D eigenvalue weighted by Crippen LogP contribution is -2.11. The summed E-state index contributed by atoms with van der Waals surface area (Å²) in [6.45, 7) is 0. The number of hydrazine groups is 1. The van der Waals surface area contributed by atoms with Crippen LogP contribution >= 0.6 is 27.5 Å². The van der Waals surface area contributed by atoms with Crippen molar-refractivity contribution in [3.63, 3.8) is 0 Å². The van der Waals surface area contributed by atoms with Crippen LogP contribution in [0.3, 0.4) is 0 Å². The summed E-state index contributed by atoms with van der Waals surface area (Å²) >= 11 is 8.70. The van der Waals surface area contributed by atoms with Crippen molar-refractivity contribution >= 4 is 33.5 Å². The van der Waals surface area contributed by atoms with E-state index in [0.717, 1.165) is 12.3 Å². The summed E-state index contributed by atoms with van der Waals surface area (Å²) in [6.07, 6.45) is 0.873. The monoisotopic (exact) mass is 350 g/mol. The zero-order valence-electron chi connectivity index (χ0n) is 9.12. The molecule has 0 atom stereocenters. The third-order valence-electron chi connectivity index (χ3n) is 2.02. The fraction of sp³-hybridized carbons (Fsp3) is 0. The van der Waals surface area contributed by atoms with E-state index in [9.17, 15) is 8.78 Å². The van der Waals surface area contributed by atoms with Crippen LogP contribution in [0.15, 0.2) is 22.8 Å². The van der Waals surface area contributed by atoms with Crippen LogP contribution in [0.4, 0.5) is 14.7 Å². The molecule has 5 nitrogen and oxygen atoms in total. The van der Waals surface area contributed by atoms with Crippen LogP contribution in [0.2, 0.25) is 5.02 Å². The van der Waals surface area contributed by atoms with Gasteiger partial charge in [-0.25, -0.2) is 15.2 Å². The number of nitrogens with two attached hydrogens (primary N) is 1. The molecule has 0 aliphatic carbocycles. The number of nitrogen functional groups attached to an aromatic ring is 1. The fourth-order valence-electron chi connectivity index (χ4n) is 1.18. The predicted molar refractivity (Wildman–Crippen MR) is 69.0 cm³/mol. The Balaban J connectivity index is 2.38. The first-order valence-corrected chi connectivity index (χ1v) is 6.00. The summed E-state index contributed by atoms with van der Waals surface area (Å²) in [5.41, 5.74) is 2.14. The smallest absolute Gasteiger partial charge is 0.260 e. The van der Waals surface area contributed by atoms with Gasteiger partial charge in [-0.2, -0.15) is 9.37 Å². The Hall–Kier alpha value is -1.51. The molecule has 0 fully saturated rings. The van der Waals surface area contributed by atoms with Gasteiger partial charge in [0.25, 0.3) is 5.88 Å². The quantitative estimate of drug-likeness (QED) is 0.504. The van der Waals surface area contributed by atoms with E-state index in [4.69, 9.17) is 22.2 Å². The molecule has 0 amide bonds. The molecule has 19 heavy (non-hydrogen) atoms. The number of nitrogens with zero attached hydrogens (tertiary/aromatic N) is 2. The Labute approximate surface area is 119 Å². The minimum absolute atomic E-state index is 0.0162. The van der Waals surface area contributed by atoms with E-state index in [-0.39, 0.29) is 16.7 Å². The van der Waals surface area contributed by atoms with Gasteiger partial charge < -0.3 is 4.74 Å². The van der Waals surface area contributed by atoms with Gasteiger partial charge in [0.1, 0.15) is 11.6 Å². The summed E-state index contributed by atoms with van der Waals surface area (Å²) in [5.74, 6) is 3.15. The van der Waals surface area contributed by atoms with Crippen LogP contribution in [0.25, 0.3) is 0 Å². The number of anilines is 1. The van der Waals surface area contributed by atoms with Crippen LogP contribution in [-0.4, -0.2) is 9.97 Å². The second-order valence-electron chi connectivity index (χ2n) is 3.29. The first-order valence-electron chi connectivity index (χ1n) is 4.83. The fourth-order valence-corrected chi connectivity index (χ4v) is 1.90. The van der Waals surface area contributed by atoms with Gasteiger partial charge in [-0.1, -0.05) is 11.6 Å². The number of aromatic nitrogens is 2. The van der Waals surface area contributed by atoms with E-state index in [1.807, 2.05) is 0 Å². The Morgan fingerprint density at radius 1 is 1.32 bits per heavy atom. The molecule has 0 aliphatic rings. The van der Waals surface area contributed by atoms with E-state index in [1.165, 1.54) is 6.07 Å². The van der Waals surface area contributed by atoms with Crippen LogP contribution < -0.4 is 16.0 Å². The van der Waals surface area contributed by atoms with Crippen molar-refractivity contribution in [3.8, 4) is 11.6 Å². The molecule has 3 N–H and O–H groups in total. The maximum atomic E-state index is 13.4. The molecule has 1 heterocycles. The molecule has 100 valence electrons. The lowest BCUT2D eigenvalue weighted by Gasteiger charge is -2.09. The largest absolute Gasteiger partial charge is 0.435 e. The van der Waals surface area contributed by atoms with Crippen LogP contribution in [0.1, 0.15) is 0 Å². The molecule has 0 radical (unpaired) electrons. The standard InChI is InChI=1S/C10H6BrClF2N4O/c11-4-1-5(12)6(13)2-8(4)19-9-7(14)3-16-10(17-9)18-15/h1-3H,15H2,(H,16,17,18). The van der Waals surface area contributed by atoms with E-state index >= 15 is 0 Å². The minimum Gasteiger partial charge on any atom is -0.435 e. The third-order valence-corrected chi connectivity index (χ3v) is 2.93. The molecular weight excluding hydrogens is 345 g/mol. The van der Waals surface area contributed by atoms with E-state index in [2.05, 4.69) is 31.3 Å². The van der Waals surface area contributed by atoms with Gasteiger partial charge >= 0.3 is 0 Å². The summed E-state index contributed by atoms with van der Waals surface area (Å²) in [6, 6.07) is 2.29. The Morgan fingerprint density at radius 3 is 2.74 bits per heavy atom. The van der Waals surface area contributed by atoms with Crippen molar-refractivity contribution in [1.82, 2.24) is 9.97 Å². The number of ether oxygens (including phenoxy) is 1. The van der Waals surface area contributed by atoms with Crippen molar-refractivity contribution in [3.05, 3.63) is 39.5 Å². The highest BCUT2D eigenvalue weighted by atomic mass is 79.9. The molecular formula is C10H6BrClF2N4O. The molecule has 0 unspecified atom stereocenters. The van der Waals surface area contributed by atoms with E-state index in [0.29, 0.717) is 4.47 Å². The highest BCUT2D eigenvalue weighted by Gasteiger charge is 2.13. The third kappa shape index (κ3) is 3.09. The molecule has 0 saturated carbocycles. The number of hydrogen-bond donors (Lipinski definition) is 2. The molecule has 1 aromatic heterocycles. The normalized spacial score (nSPS) is 10.4. The minimum atomic E-state index is -0.818. The predicted octanol–water partition coefficient (Wildman–Crippen LogP) is 3.25. The zero-order valence-corrected chi connectivity index (χ0v) is 11.5. The summed E-state index contributed by atoms with van der Waals surface area (Å²) in [5, 5.41) is -0.0910. The average molecular weight is 352 g/mol.